The number of hydrogen-bond acceptors (Lipinski definition) is 4. The normalized spacial score (nSPS) is 11.2. The highest BCUT2D eigenvalue weighted by Gasteiger charge is 2.17. The van der Waals surface area contributed by atoms with Crippen LogP contribution in [0.4, 0.5) is 5.69 Å². The molecule has 134 valence electrons. The molecule has 0 unspecified atom stereocenters. The number of halogens is 1. The van der Waals surface area contributed by atoms with E-state index < -0.39 is 6.04 Å². The van der Waals surface area contributed by atoms with E-state index in [-0.39, 0.29) is 42.6 Å². The van der Waals surface area contributed by atoms with Crippen LogP contribution >= 0.6 is 12.4 Å². The summed E-state index contributed by atoms with van der Waals surface area (Å²) in [6.07, 6.45) is 0. The van der Waals surface area contributed by atoms with Crippen LogP contribution in [0.5, 0.6) is 0 Å². The fourth-order valence-electron chi connectivity index (χ4n) is 1.73. The summed E-state index contributed by atoms with van der Waals surface area (Å²) in [7, 11) is 0. The Bertz CT molecular complexity index is 561. The summed E-state index contributed by atoms with van der Waals surface area (Å²) in [6.45, 7) is 5.44. The van der Waals surface area contributed by atoms with Crippen LogP contribution in [0.3, 0.4) is 0 Å². The molecule has 0 fully saturated rings. The van der Waals surface area contributed by atoms with Crippen LogP contribution in [0, 0.1) is 5.92 Å². The second kappa shape index (κ2) is 10.6. The van der Waals surface area contributed by atoms with Crippen LogP contribution in [-0.2, 0) is 20.9 Å². The zero-order chi connectivity index (χ0) is 17.4. The molecule has 5 N–H and O–H groups in total. The maximum absolute atomic E-state index is 11.8. The third-order valence-electron chi connectivity index (χ3n) is 3.22. The number of rotatable bonds is 7. The minimum atomic E-state index is -0.629. The highest BCUT2D eigenvalue weighted by atomic mass is 35.5. The van der Waals surface area contributed by atoms with Crippen molar-refractivity contribution in [1.82, 2.24) is 10.6 Å². The molecule has 0 aromatic heterocycles. The van der Waals surface area contributed by atoms with E-state index in [1.54, 1.807) is 24.3 Å². The number of carbonyl (C=O) groups excluding carboxylic acids is 3. The van der Waals surface area contributed by atoms with Gasteiger partial charge in [0.1, 0.15) is 0 Å². The molecule has 0 aliphatic carbocycles. The van der Waals surface area contributed by atoms with Gasteiger partial charge < -0.3 is 21.7 Å². The standard InChI is InChI=1S/C16H24N4O3.ClH/c1-10(2)15(17)16(23)19-9-14(22)20-13-6-4-12(5-7-13)8-18-11(3)21;/h4-7,10,15H,8-9,17H2,1-3H3,(H,18,21)(H,19,23)(H,20,22);1H/t15-;/m0./s1. The minimum absolute atomic E-state index is 0. The summed E-state index contributed by atoms with van der Waals surface area (Å²) in [5, 5.41) is 7.87. The van der Waals surface area contributed by atoms with Gasteiger partial charge in [0, 0.05) is 19.2 Å². The maximum Gasteiger partial charge on any atom is 0.243 e. The first-order valence-electron chi connectivity index (χ1n) is 7.46. The van der Waals surface area contributed by atoms with Crippen LogP contribution in [-0.4, -0.2) is 30.3 Å². The van der Waals surface area contributed by atoms with Gasteiger partial charge in [-0.2, -0.15) is 0 Å². The van der Waals surface area contributed by atoms with E-state index in [9.17, 15) is 14.4 Å². The molecule has 0 spiro atoms. The molecule has 0 radical (unpaired) electrons. The molecule has 0 heterocycles. The monoisotopic (exact) mass is 356 g/mol. The first kappa shape index (κ1) is 21.9. The predicted octanol–water partition coefficient (Wildman–Crippen LogP) is 0.783. The number of nitrogens with two attached hydrogens (primary N) is 1. The van der Waals surface area contributed by atoms with Gasteiger partial charge in [-0.3, -0.25) is 14.4 Å². The van der Waals surface area contributed by atoms with Crippen LogP contribution in [0.25, 0.3) is 0 Å². The van der Waals surface area contributed by atoms with Crippen molar-refractivity contribution < 1.29 is 14.4 Å². The zero-order valence-corrected chi connectivity index (χ0v) is 14.9. The second-order valence-corrected chi connectivity index (χ2v) is 5.64. The Hall–Kier alpha value is -2.12. The Labute approximate surface area is 148 Å². The Morgan fingerprint density at radius 2 is 1.67 bits per heavy atom. The predicted molar refractivity (Wildman–Crippen MR) is 95.7 cm³/mol. The van der Waals surface area contributed by atoms with E-state index in [4.69, 9.17) is 5.73 Å². The van der Waals surface area contributed by atoms with E-state index in [1.165, 1.54) is 6.92 Å². The lowest BCUT2D eigenvalue weighted by molar-refractivity contribution is -0.125. The summed E-state index contributed by atoms with van der Waals surface area (Å²) in [5.41, 5.74) is 7.23. The number of anilines is 1. The van der Waals surface area contributed by atoms with Crippen LogP contribution in [0.2, 0.25) is 0 Å². The number of hydrogen-bond donors (Lipinski definition) is 4. The van der Waals surface area contributed by atoms with Gasteiger partial charge >= 0.3 is 0 Å². The Morgan fingerprint density at radius 3 is 2.17 bits per heavy atom. The smallest absolute Gasteiger partial charge is 0.243 e. The summed E-state index contributed by atoms with van der Waals surface area (Å²) < 4.78 is 0. The van der Waals surface area contributed by atoms with Crippen molar-refractivity contribution in [2.75, 3.05) is 11.9 Å². The molecule has 0 bridgehead atoms. The van der Waals surface area contributed by atoms with E-state index in [0.29, 0.717) is 12.2 Å². The molecule has 1 rings (SSSR count). The second-order valence-electron chi connectivity index (χ2n) is 5.64. The van der Waals surface area contributed by atoms with E-state index >= 15 is 0 Å². The molecule has 7 nitrogen and oxygen atoms in total. The summed E-state index contributed by atoms with van der Waals surface area (Å²) in [6, 6.07) is 6.45. The third-order valence-corrected chi connectivity index (χ3v) is 3.22. The molecular formula is C16H25ClN4O3. The lowest BCUT2D eigenvalue weighted by Crippen LogP contribution is -2.46. The average Bonchev–Trinajstić information content (AvgIpc) is 2.51. The quantitative estimate of drug-likeness (QED) is 0.578. The van der Waals surface area contributed by atoms with Crippen molar-refractivity contribution in [2.45, 2.75) is 33.4 Å². The van der Waals surface area contributed by atoms with Gasteiger partial charge in [-0.05, 0) is 23.6 Å². The van der Waals surface area contributed by atoms with Crippen molar-refractivity contribution in [3.63, 3.8) is 0 Å². The van der Waals surface area contributed by atoms with Gasteiger partial charge in [0.25, 0.3) is 0 Å². The molecule has 1 aromatic carbocycles. The van der Waals surface area contributed by atoms with Gasteiger partial charge in [-0.1, -0.05) is 26.0 Å². The summed E-state index contributed by atoms with van der Waals surface area (Å²) >= 11 is 0. The van der Waals surface area contributed by atoms with Crippen LogP contribution in [0.1, 0.15) is 26.3 Å². The largest absolute Gasteiger partial charge is 0.352 e. The maximum atomic E-state index is 11.8. The van der Waals surface area contributed by atoms with Gasteiger partial charge in [0.05, 0.1) is 12.6 Å². The number of carbonyl (C=O) groups is 3. The molecule has 0 saturated carbocycles. The Balaban J connectivity index is 0.00000529. The highest BCUT2D eigenvalue weighted by Crippen LogP contribution is 2.09. The van der Waals surface area contributed by atoms with Gasteiger partial charge in [0.15, 0.2) is 0 Å². The summed E-state index contributed by atoms with van der Waals surface area (Å²) in [5.74, 6) is -0.767. The Kier molecular flexibility index (Phi) is 9.68. The van der Waals surface area contributed by atoms with Crippen molar-refractivity contribution in [2.24, 2.45) is 11.7 Å². The van der Waals surface area contributed by atoms with Crippen LogP contribution < -0.4 is 21.7 Å². The molecule has 0 aliphatic rings. The SMILES string of the molecule is CC(=O)NCc1ccc(NC(=O)CNC(=O)[C@@H](N)C(C)C)cc1.Cl. The van der Waals surface area contributed by atoms with Gasteiger partial charge in [-0.25, -0.2) is 0 Å². The molecule has 8 heteroatoms. The fourth-order valence-corrected chi connectivity index (χ4v) is 1.73. The highest BCUT2D eigenvalue weighted by molar-refractivity contribution is 5.95. The molecule has 3 amide bonds. The first-order valence-corrected chi connectivity index (χ1v) is 7.46. The minimum Gasteiger partial charge on any atom is -0.352 e. The number of nitrogens with one attached hydrogen (secondary N) is 3. The van der Waals surface area contributed by atoms with Gasteiger partial charge in [0.2, 0.25) is 17.7 Å². The molecule has 1 atom stereocenters. The molecule has 1 aromatic rings. The first-order chi connectivity index (χ1) is 10.8. The van der Waals surface area contributed by atoms with E-state index in [1.807, 2.05) is 13.8 Å². The lowest BCUT2D eigenvalue weighted by Gasteiger charge is -2.15. The molecule has 0 aliphatic heterocycles. The molecular weight excluding hydrogens is 332 g/mol. The van der Waals surface area contributed by atoms with Crippen molar-refractivity contribution >= 4 is 35.8 Å². The number of amides is 3. The third kappa shape index (κ3) is 7.94. The van der Waals surface area contributed by atoms with Crippen molar-refractivity contribution in [3.8, 4) is 0 Å². The Morgan fingerprint density at radius 1 is 1.08 bits per heavy atom. The number of benzene rings is 1. The average molecular weight is 357 g/mol. The lowest BCUT2D eigenvalue weighted by atomic mass is 10.1. The molecule has 0 saturated heterocycles. The van der Waals surface area contributed by atoms with E-state index in [0.717, 1.165) is 5.56 Å². The van der Waals surface area contributed by atoms with Gasteiger partial charge in [-0.15, -0.1) is 12.4 Å². The van der Waals surface area contributed by atoms with Crippen molar-refractivity contribution in [1.29, 1.82) is 0 Å². The summed E-state index contributed by atoms with van der Waals surface area (Å²) in [4.78, 5) is 34.3. The van der Waals surface area contributed by atoms with Crippen LogP contribution in [0.15, 0.2) is 24.3 Å². The van der Waals surface area contributed by atoms with Crippen molar-refractivity contribution in [3.05, 3.63) is 29.8 Å². The van der Waals surface area contributed by atoms with E-state index in [2.05, 4.69) is 16.0 Å². The molecule has 24 heavy (non-hydrogen) atoms. The fraction of sp³-hybridized carbons (Fsp3) is 0.438. The zero-order valence-electron chi connectivity index (χ0n) is 14.1. The topological polar surface area (TPSA) is 113 Å².